The van der Waals surface area contributed by atoms with E-state index in [2.05, 4.69) is 25.6 Å². The highest BCUT2D eigenvalue weighted by atomic mass is 35.5. The molecule has 2 aromatic carbocycles. The van der Waals surface area contributed by atoms with Crippen LogP contribution in [0.25, 0.3) is 27.2 Å². The van der Waals surface area contributed by atoms with E-state index in [1.807, 2.05) is 35.0 Å². The number of halogens is 3. The molecule has 0 aliphatic heterocycles. The van der Waals surface area contributed by atoms with Crippen molar-refractivity contribution in [3.05, 3.63) is 76.4 Å². The molecule has 0 saturated carbocycles. The Bertz CT molecular complexity index is 1420. The van der Waals surface area contributed by atoms with Crippen molar-refractivity contribution in [2.45, 2.75) is 0 Å². The summed E-state index contributed by atoms with van der Waals surface area (Å²) in [6.07, 6.45) is 6.95. The summed E-state index contributed by atoms with van der Waals surface area (Å²) in [4.78, 5) is 17.9. The third-order valence-corrected chi connectivity index (χ3v) is 6.53. The van der Waals surface area contributed by atoms with Gasteiger partial charge in [0.2, 0.25) is 5.95 Å². The fourth-order valence-corrected chi connectivity index (χ4v) is 4.91. The summed E-state index contributed by atoms with van der Waals surface area (Å²) in [7, 11) is 0. The van der Waals surface area contributed by atoms with Crippen LogP contribution >= 0.6 is 46.1 Å². The molecule has 33 heavy (non-hydrogen) atoms. The topological polar surface area (TPSA) is 80.5 Å². The van der Waals surface area contributed by atoms with Gasteiger partial charge in [-0.25, -0.2) is 19.9 Å². The van der Waals surface area contributed by atoms with Gasteiger partial charge in [-0.05, 0) is 36.4 Å². The van der Waals surface area contributed by atoms with Gasteiger partial charge in [-0.3, -0.25) is 0 Å². The predicted octanol–water partition coefficient (Wildman–Crippen LogP) is 6.42. The highest BCUT2D eigenvalue weighted by Crippen LogP contribution is 2.33. The molecule has 7 nitrogen and oxygen atoms in total. The molecule has 0 radical (unpaired) electrons. The zero-order chi connectivity index (χ0) is 22.8. The molecule has 3 heterocycles. The number of imidazole rings is 1. The smallest absolute Gasteiger partial charge is 0.223 e. The fraction of sp³-hybridized carbons (Fsp3) is 0.0909. The van der Waals surface area contributed by atoms with Crippen molar-refractivity contribution in [1.29, 1.82) is 0 Å². The molecule has 0 atom stereocenters. The SMILES string of the molecule is Clc1ccc(-c2nc(NCCNc3nc4ccc(Cl)cc4s3)ncc2-n2ccnc2)c(Cl)c1. The summed E-state index contributed by atoms with van der Waals surface area (Å²) < 4.78 is 2.88. The van der Waals surface area contributed by atoms with E-state index in [9.17, 15) is 0 Å². The second-order valence-electron chi connectivity index (χ2n) is 7.01. The van der Waals surface area contributed by atoms with Crippen molar-refractivity contribution in [1.82, 2.24) is 24.5 Å². The quantitative estimate of drug-likeness (QED) is 0.243. The van der Waals surface area contributed by atoms with Crippen molar-refractivity contribution in [3.63, 3.8) is 0 Å². The Labute approximate surface area is 208 Å². The highest BCUT2D eigenvalue weighted by molar-refractivity contribution is 7.22. The van der Waals surface area contributed by atoms with E-state index in [0.717, 1.165) is 26.6 Å². The predicted molar refractivity (Wildman–Crippen MR) is 136 cm³/mol. The van der Waals surface area contributed by atoms with E-state index < -0.39 is 0 Å². The van der Waals surface area contributed by atoms with E-state index in [0.29, 0.717) is 39.8 Å². The minimum absolute atomic E-state index is 0.484. The molecular formula is C22H16Cl3N7S. The Morgan fingerprint density at radius 2 is 1.76 bits per heavy atom. The minimum Gasteiger partial charge on any atom is -0.360 e. The van der Waals surface area contributed by atoms with E-state index in [-0.39, 0.29) is 0 Å². The Balaban J connectivity index is 1.33. The normalized spacial score (nSPS) is 11.1. The lowest BCUT2D eigenvalue weighted by atomic mass is 10.1. The van der Waals surface area contributed by atoms with Gasteiger partial charge in [0, 0.05) is 41.1 Å². The average Bonchev–Trinajstić information content (AvgIpc) is 3.46. The lowest BCUT2D eigenvalue weighted by molar-refractivity contribution is 0.987. The molecule has 2 N–H and O–H groups in total. The van der Waals surface area contributed by atoms with Crippen LogP contribution in [0.3, 0.4) is 0 Å². The molecule has 166 valence electrons. The minimum atomic E-state index is 0.484. The van der Waals surface area contributed by atoms with Crippen LogP contribution < -0.4 is 10.6 Å². The van der Waals surface area contributed by atoms with Crippen LogP contribution in [0, 0.1) is 0 Å². The summed E-state index contributed by atoms with van der Waals surface area (Å²) >= 11 is 20.2. The number of nitrogens with one attached hydrogen (secondary N) is 2. The first-order chi connectivity index (χ1) is 16.1. The number of aromatic nitrogens is 5. The number of thiazole rings is 1. The van der Waals surface area contributed by atoms with Crippen molar-refractivity contribution < 1.29 is 0 Å². The van der Waals surface area contributed by atoms with Crippen LogP contribution in [0.1, 0.15) is 0 Å². The zero-order valence-electron chi connectivity index (χ0n) is 17.0. The van der Waals surface area contributed by atoms with Crippen LogP contribution in [-0.4, -0.2) is 37.6 Å². The Hall–Kier alpha value is -2.91. The summed E-state index contributed by atoms with van der Waals surface area (Å²) in [5.41, 5.74) is 3.10. The summed E-state index contributed by atoms with van der Waals surface area (Å²) in [6, 6.07) is 11.0. The van der Waals surface area contributed by atoms with E-state index in [1.54, 1.807) is 42.2 Å². The number of rotatable bonds is 7. The molecule has 11 heteroatoms. The van der Waals surface area contributed by atoms with Crippen LogP contribution in [-0.2, 0) is 0 Å². The van der Waals surface area contributed by atoms with E-state index >= 15 is 0 Å². The first kappa shape index (κ1) is 21.9. The van der Waals surface area contributed by atoms with Crippen molar-refractivity contribution in [2.24, 2.45) is 0 Å². The summed E-state index contributed by atoms with van der Waals surface area (Å²) in [5.74, 6) is 0.484. The fourth-order valence-electron chi connectivity index (χ4n) is 3.25. The third kappa shape index (κ3) is 4.89. The van der Waals surface area contributed by atoms with Gasteiger partial charge in [-0.1, -0.05) is 46.1 Å². The highest BCUT2D eigenvalue weighted by Gasteiger charge is 2.15. The molecule has 0 saturated heterocycles. The molecule has 0 aliphatic rings. The molecule has 0 aliphatic carbocycles. The van der Waals surface area contributed by atoms with Crippen LogP contribution in [0.15, 0.2) is 61.3 Å². The molecule has 3 aromatic heterocycles. The average molecular weight is 517 g/mol. The number of anilines is 2. The van der Waals surface area contributed by atoms with Gasteiger partial charge in [0.15, 0.2) is 5.13 Å². The molecule has 5 rings (SSSR count). The van der Waals surface area contributed by atoms with E-state index in [1.165, 1.54) is 0 Å². The van der Waals surface area contributed by atoms with Gasteiger partial charge in [0.05, 0.1) is 33.5 Å². The second kappa shape index (κ2) is 9.52. The van der Waals surface area contributed by atoms with Crippen molar-refractivity contribution in [2.75, 3.05) is 23.7 Å². The molecule has 0 unspecified atom stereocenters. The molecular weight excluding hydrogens is 501 g/mol. The number of benzene rings is 2. The van der Waals surface area contributed by atoms with Gasteiger partial charge < -0.3 is 15.2 Å². The first-order valence-electron chi connectivity index (χ1n) is 9.91. The van der Waals surface area contributed by atoms with Gasteiger partial charge in [-0.15, -0.1) is 0 Å². The Morgan fingerprint density at radius 1 is 0.939 bits per heavy atom. The summed E-state index contributed by atoms with van der Waals surface area (Å²) in [5, 5.41) is 9.16. The number of nitrogens with zero attached hydrogens (tertiary/aromatic N) is 5. The number of hydrogen-bond acceptors (Lipinski definition) is 7. The zero-order valence-corrected chi connectivity index (χ0v) is 20.1. The number of hydrogen-bond donors (Lipinski definition) is 2. The first-order valence-corrected chi connectivity index (χ1v) is 11.9. The standard InChI is InChI=1S/C22H16Cl3N7S/c23-13-1-3-15(16(25)9-13)20-18(32-8-7-26-12-32)11-29-21(31-20)27-5-6-28-22-30-17-4-2-14(24)10-19(17)33-22/h1-4,7-12H,5-6H2,(H,28,30)(H,27,29,31). The van der Waals surface area contributed by atoms with Crippen molar-refractivity contribution >= 4 is 67.4 Å². The Kier molecular flexibility index (Phi) is 6.32. The molecule has 0 fully saturated rings. The third-order valence-electron chi connectivity index (χ3n) is 4.77. The van der Waals surface area contributed by atoms with Crippen LogP contribution in [0.4, 0.5) is 11.1 Å². The monoisotopic (exact) mass is 515 g/mol. The maximum atomic E-state index is 6.47. The maximum Gasteiger partial charge on any atom is 0.223 e. The Morgan fingerprint density at radius 3 is 2.58 bits per heavy atom. The van der Waals surface area contributed by atoms with Crippen molar-refractivity contribution in [3.8, 4) is 16.9 Å². The molecule has 5 aromatic rings. The van der Waals surface area contributed by atoms with Crippen LogP contribution in [0.5, 0.6) is 0 Å². The largest absolute Gasteiger partial charge is 0.360 e. The molecule has 0 spiro atoms. The lowest BCUT2D eigenvalue weighted by Crippen LogP contribution is -2.15. The van der Waals surface area contributed by atoms with Gasteiger partial charge >= 0.3 is 0 Å². The van der Waals surface area contributed by atoms with Gasteiger partial charge in [0.1, 0.15) is 5.69 Å². The van der Waals surface area contributed by atoms with Gasteiger partial charge in [-0.2, -0.15) is 0 Å². The maximum absolute atomic E-state index is 6.47. The van der Waals surface area contributed by atoms with Crippen LogP contribution in [0.2, 0.25) is 15.1 Å². The summed E-state index contributed by atoms with van der Waals surface area (Å²) in [6.45, 7) is 1.23. The van der Waals surface area contributed by atoms with E-state index in [4.69, 9.17) is 39.8 Å². The molecule has 0 bridgehead atoms. The van der Waals surface area contributed by atoms with Gasteiger partial charge in [0.25, 0.3) is 0 Å². The second-order valence-corrected chi connectivity index (χ2v) is 9.32. The number of fused-ring (bicyclic) bond motifs is 1. The lowest BCUT2D eigenvalue weighted by Gasteiger charge is -2.13. The molecule has 0 amide bonds.